The number of aromatic nitrogens is 3. The maximum Gasteiger partial charge on any atom is 0.137 e. The highest BCUT2D eigenvalue weighted by Crippen LogP contribution is 2.26. The zero-order valence-corrected chi connectivity index (χ0v) is 12.9. The van der Waals surface area contributed by atoms with Crippen LogP contribution < -0.4 is 5.32 Å². The zero-order chi connectivity index (χ0) is 14.4. The van der Waals surface area contributed by atoms with Crippen LogP contribution in [0, 0.1) is 0 Å². The zero-order valence-electron chi connectivity index (χ0n) is 11.4. The van der Waals surface area contributed by atoms with Crippen LogP contribution in [-0.2, 0) is 6.42 Å². The fourth-order valence-corrected chi connectivity index (χ4v) is 2.42. The molecule has 0 radical (unpaired) electrons. The van der Waals surface area contributed by atoms with Gasteiger partial charge in [0.15, 0.2) is 0 Å². The third-order valence-corrected chi connectivity index (χ3v) is 3.94. The number of nitrogens with one attached hydrogen (secondary N) is 2. The molecule has 1 unspecified atom stereocenters. The molecule has 1 atom stereocenters. The Morgan fingerprint density at radius 3 is 2.80 bits per heavy atom. The maximum absolute atomic E-state index is 6.06. The quantitative estimate of drug-likeness (QED) is 0.765. The number of nitrogens with zero attached hydrogens (tertiary/aromatic N) is 2. The number of rotatable bonds is 7. The molecule has 0 spiro atoms. The van der Waals surface area contributed by atoms with Gasteiger partial charge in [-0.3, -0.25) is 5.10 Å². The molecule has 0 saturated heterocycles. The summed E-state index contributed by atoms with van der Waals surface area (Å²) >= 11 is 12.0. The summed E-state index contributed by atoms with van der Waals surface area (Å²) in [5.41, 5.74) is 1.17. The lowest BCUT2D eigenvalue weighted by Crippen LogP contribution is -2.22. The number of benzene rings is 1. The third kappa shape index (κ3) is 4.20. The summed E-state index contributed by atoms with van der Waals surface area (Å²) in [5, 5.41) is 11.4. The second-order valence-corrected chi connectivity index (χ2v) is 5.44. The highest BCUT2D eigenvalue weighted by molar-refractivity contribution is 6.42. The number of aryl methyl sites for hydroxylation is 1. The van der Waals surface area contributed by atoms with Gasteiger partial charge in [-0.25, -0.2) is 4.98 Å². The van der Waals surface area contributed by atoms with Crippen molar-refractivity contribution in [1.82, 2.24) is 20.5 Å². The predicted molar refractivity (Wildman–Crippen MR) is 82.2 cm³/mol. The van der Waals surface area contributed by atoms with Gasteiger partial charge in [0, 0.05) is 12.5 Å². The highest BCUT2D eigenvalue weighted by Gasteiger charge is 2.10. The van der Waals surface area contributed by atoms with E-state index in [9.17, 15) is 0 Å². The maximum atomic E-state index is 6.06. The highest BCUT2D eigenvalue weighted by atomic mass is 35.5. The summed E-state index contributed by atoms with van der Waals surface area (Å²) in [4.78, 5) is 4.11. The van der Waals surface area contributed by atoms with Crippen LogP contribution in [0.4, 0.5) is 0 Å². The number of halogens is 2. The fourth-order valence-electron chi connectivity index (χ4n) is 2.11. The van der Waals surface area contributed by atoms with Crippen molar-refractivity contribution < 1.29 is 0 Å². The second kappa shape index (κ2) is 7.62. The molecule has 2 aromatic rings. The molecule has 2 rings (SSSR count). The van der Waals surface area contributed by atoms with Crippen molar-refractivity contribution in [1.29, 1.82) is 0 Å². The van der Waals surface area contributed by atoms with Crippen molar-refractivity contribution >= 4 is 23.2 Å². The van der Waals surface area contributed by atoms with Crippen LogP contribution in [0.1, 0.15) is 37.2 Å². The topological polar surface area (TPSA) is 53.6 Å². The minimum absolute atomic E-state index is 0.291. The van der Waals surface area contributed by atoms with E-state index in [-0.39, 0.29) is 0 Å². The minimum atomic E-state index is 0.291. The Hall–Kier alpha value is -1.10. The van der Waals surface area contributed by atoms with E-state index in [4.69, 9.17) is 23.2 Å². The summed E-state index contributed by atoms with van der Waals surface area (Å²) in [6, 6.07) is 6.09. The molecule has 4 nitrogen and oxygen atoms in total. The molecule has 0 saturated carbocycles. The van der Waals surface area contributed by atoms with Crippen LogP contribution >= 0.6 is 23.2 Å². The Bertz CT molecular complexity index is 528. The van der Waals surface area contributed by atoms with E-state index in [1.54, 1.807) is 0 Å². The minimum Gasteiger partial charge on any atom is -0.310 e. The molecule has 1 heterocycles. The smallest absolute Gasteiger partial charge is 0.137 e. The molecule has 0 aliphatic heterocycles. The van der Waals surface area contributed by atoms with E-state index in [0.29, 0.717) is 16.1 Å². The number of hydrogen-bond donors (Lipinski definition) is 2. The first-order valence-corrected chi connectivity index (χ1v) is 7.49. The first kappa shape index (κ1) is 15.3. The molecule has 0 bridgehead atoms. The molecule has 0 aliphatic rings. The van der Waals surface area contributed by atoms with Crippen molar-refractivity contribution in [2.24, 2.45) is 0 Å². The van der Waals surface area contributed by atoms with Gasteiger partial charge in [-0.1, -0.05) is 36.2 Å². The summed E-state index contributed by atoms with van der Waals surface area (Å²) in [6.45, 7) is 3.07. The molecule has 6 heteroatoms. The van der Waals surface area contributed by atoms with Gasteiger partial charge in [0.05, 0.1) is 10.0 Å². The van der Waals surface area contributed by atoms with Crippen molar-refractivity contribution in [2.45, 2.75) is 32.2 Å². The summed E-state index contributed by atoms with van der Waals surface area (Å²) < 4.78 is 0. The molecule has 1 aromatic heterocycles. The number of hydrogen-bond acceptors (Lipinski definition) is 3. The van der Waals surface area contributed by atoms with E-state index in [2.05, 4.69) is 27.4 Å². The van der Waals surface area contributed by atoms with Gasteiger partial charge in [-0.05, 0) is 37.1 Å². The van der Waals surface area contributed by atoms with E-state index in [1.807, 2.05) is 18.2 Å². The van der Waals surface area contributed by atoms with E-state index < -0.39 is 0 Å². The Labute approximate surface area is 128 Å². The molecule has 0 amide bonds. The first-order chi connectivity index (χ1) is 9.70. The van der Waals surface area contributed by atoms with Crippen LogP contribution in [0.5, 0.6) is 0 Å². The van der Waals surface area contributed by atoms with Gasteiger partial charge in [-0.15, -0.1) is 0 Å². The van der Waals surface area contributed by atoms with Crippen LogP contribution in [-0.4, -0.2) is 21.7 Å². The summed E-state index contributed by atoms with van der Waals surface area (Å²) in [7, 11) is 0. The lowest BCUT2D eigenvalue weighted by atomic mass is 10.0. The van der Waals surface area contributed by atoms with Crippen molar-refractivity contribution in [3.8, 4) is 0 Å². The summed E-state index contributed by atoms with van der Waals surface area (Å²) in [5.74, 6) is 0.925. The Balaban J connectivity index is 1.84. The van der Waals surface area contributed by atoms with Gasteiger partial charge in [-0.2, -0.15) is 5.10 Å². The van der Waals surface area contributed by atoms with E-state index in [1.165, 1.54) is 11.9 Å². The number of H-pyrrole nitrogens is 1. The lowest BCUT2D eigenvalue weighted by molar-refractivity contribution is 0.508. The van der Waals surface area contributed by atoms with Crippen molar-refractivity contribution in [3.63, 3.8) is 0 Å². The molecular formula is C14H18Cl2N4. The van der Waals surface area contributed by atoms with Gasteiger partial charge >= 0.3 is 0 Å². The predicted octanol–water partition coefficient (Wildman–Crippen LogP) is 3.79. The van der Waals surface area contributed by atoms with E-state index in [0.717, 1.165) is 31.6 Å². The van der Waals surface area contributed by atoms with Gasteiger partial charge in [0.2, 0.25) is 0 Å². The van der Waals surface area contributed by atoms with Gasteiger partial charge in [0.1, 0.15) is 12.2 Å². The van der Waals surface area contributed by atoms with Gasteiger partial charge < -0.3 is 5.32 Å². The molecule has 1 aromatic carbocycles. The largest absolute Gasteiger partial charge is 0.310 e. The number of aromatic amines is 1. The van der Waals surface area contributed by atoms with Crippen molar-refractivity contribution in [2.75, 3.05) is 6.54 Å². The standard InChI is InChI=1S/C14H18Cl2N4/c1-2-13(10-5-6-11(15)12(16)8-10)17-7-3-4-14-18-9-19-20-14/h5-6,8-9,13,17H,2-4,7H2,1H3,(H,18,19,20). The summed E-state index contributed by atoms with van der Waals surface area (Å²) in [6.07, 6.45) is 4.44. The molecule has 0 aliphatic carbocycles. The SMILES string of the molecule is CCC(NCCCc1ncn[nH]1)c1ccc(Cl)c(Cl)c1. The van der Waals surface area contributed by atoms with Gasteiger partial charge in [0.25, 0.3) is 0 Å². The molecular weight excluding hydrogens is 295 g/mol. The Morgan fingerprint density at radius 2 is 2.15 bits per heavy atom. The average Bonchev–Trinajstić information content (AvgIpc) is 2.95. The average molecular weight is 313 g/mol. The van der Waals surface area contributed by atoms with Crippen molar-refractivity contribution in [3.05, 3.63) is 46.0 Å². The fraction of sp³-hybridized carbons (Fsp3) is 0.429. The molecule has 2 N–H and O–H groups in total. The van der Waals surface area contributed by atoms with Crippen LogP contribution in [0.25, 0.3) is 0 Å². The molecule has 20 heavy (non-hydrogen) atoms. The second-order valence-electron chi connectivity index (χ2n) is 4.62. The van der Waals surface area contributed by atoms with Crippen LogP contribution in [0.15, 0.2) is 24.5 Å². The monoisotopic (exact) mass is 312 g/mol. The van der Waals surface area contributed by atoms with Crippen LogP contribution in [0.2, 0.25) is 10.0 Å². The lowest BCUT2D eigenvalue weighted by Gasteiger charge is -2.18. The normalized spacial score (nSPS) is 12.6. The molecule has 0 fully saturated rings. The Kier molecular flexibility index (Phi) is 5.83. The van der Waals surface area contributed by atoms with E-state index >= 15 is 0 Å². The Morgan fingerprint density at radius 1 is 1.30 bits per heavy atom. The first-order valence-electron chi connectivity index (χ1n) is 6.73. The van der Waals surface area contributed by atoms with Crippen LogP contribution in [0.3, 0.4) is 0 Å². The molecule has 108 valence electrons. The third-order valence-electron chi connectivity index (χ3n) is 3.20.